The van der Waals surface area contributed by atoms with E-state index in [4.69, 9.17) is 14.9 Å². The predicted octanol–water partition coefficient (Wildman–Crippen LogP) is 3.88. The van der Waals surface area contributed by atoms with Gasteiger partial charge < -0.3 is 20.2 Å². The van der Waals surface area contributed by atoms with Crippen molar-refractivity contribution in [1.82, 2.24) is 0 Å². The van der Waals surface area contributed by atoms with Gasteiger partial charge in [0.1, 0.15) is 17.1 Å². The van der Waals surface area contributed by atoms with Crippen molar-refractivity contribution >= 4 is 28.5 Å². The molecule has 0 aliphatic carbocycles. The molecule has 0 fully saturated rings. The van der Waals surface area contributed by atoms with Gasteiger partial charge >= 0.3 is 0 Å². The molecule has 0 atom stereocenters. The summed E-state index contributed by atoms with van der Waals surface area (Å²) in [5.74, 6) is -0.0241. The zero-order valence-electron chi connectivity index (χ0n) is 17.3. The normalized spacial score (nSPS) is 10.7. The molecule has 0 bridgehead atoms. The van der Waals surface area contributed by atoms with Crippen LogP contribution >= 0.6 is 0 Å². The Bertz CT molecular complexity index is 1360. The number of amides is 2. The molecule has 0 radical (unpaired) electrons. The standard InChI is InChI=1S/C25H20N2O5/c1-15-23(16-5-3-2-4-6-16)24(29)20-12-11-19(13-21(20)32-15)31-14-22(28)27-18-9-7-17(8-10-18)25(26)30/h2-13H,14H2,1H3,(H2,26,30)(H,27,28). The molecule has 0 spiro atoms. The lowest BCUT2D eigenvalue weighted by Gasteiger charge is -2.10. The lowest BCUT2D eigenvalue weighted by atomic mass is 10.0. The summed E-state index contributed by atoms with van der Waals surface area (Å²) in [7, 11) is 0. The van der Waals surface area contributed by atoms with Gasteiger partial charge in [-0.1, -0.05) is 30.3 Å². The molecular formula is C25H20N2O5. The second kappa shape index (κ2) is 8.77. The molecule has 0 unspecified atom stereocenters. The fraction of sp³-hybridized carbons (Fsp3) is 0.0800. The van der Waals surface area contributed by atoms with Crippen molar-refractivity contribution in [1.29, 1.82) is 0 Å². The fourth-order valence-corrected chi connectivity index (χ4v) is 3.38. The van der Waals surface area contributed by atoms with Gasteiger partial charge in [-0.3, -0.25) is 14.4 Å². The van der Waals surface area contributed by atoms with Crippen molar-refractivity contribution < 1.29 is 18.7 Å². The minimum Gasteiger partial charge on any atom is -0.484 e. The van der Waals surface area contributed by atoms with Gasteiger partial charge in [-0.25, -0.2) is 0 Å². The number of hydrogen-bond donors (Lipinski definition) is 2. The Morgan fingerprint density at radius 1 is 1.00 bits per heavy atom. The summed E-state index contributed by atoms with van der Waals surface area (Å²) in [5.41, 5.74) is 7.63. The molecule has 2 amide bonds. The Kier molecular flexibility index (Phi) is 5.72. The number of nitrogens with one attached hydrogen (secondary N) is 1. The van der Waals surface area contributed by atoms with Gasteiger partial charge in [0.2, 0.25) is 11.3 Å². The second-order valence-corrected chi connectivity index (χ2v) is 7.16. The predicted molar refractivity (Wildman–Crippen MR) is 122 cm³/mol. The average molecular weight is 428 g/mol. The van der Waals surface area contributed by atoms with Crippen LogP contribution in [0.1, 0.15) is 16.1 Å². The van der Waals surface area contributed by atoms with Gasteiger partial charge in [0.15, 0.2) is 6.61 Å². The number of carbonyl (C=O) groups is 2. The SMILES string of the molecule is Cc1oc2cc(OCC(=O)Nc3ccc(C(N)=O)cc3)ccc2c(=O)c1-c1ccccc1. The number of fused-ring (bicyclic) bond motifs is 1. The molecule has 3 aromatic carbocycles. The molecule has 7 nitrogen and oxygen atoms in total. The average Bonchev–Trinajstić information content (AvgIpc) is 2.78. The molecule has 4 aromatic rings. The maximum absolute atomic E-state index is 13.0. The lowest BCUT2D eigenvalue weighted by Crippen LogP contribution is -2.20. The largest absolute Gasteiger partial charge is 0.484 e. The minimum absolute atomic E-state index is 0.126. The number of nitrogens with two attached hydrogens (primary N) is 1. The summed E-state index contributed by atoms with van der Waals surface area (Å²) in [5, 5.41) is 3.10. The molecular weight excluding hydrogens is 408 g/mol. The van der Waals surface area contributed by atoms with E-state index in [1.54, 1.807) is 37.3 Å². The van der Waals surface area contributed by atoms with Crippen molar-refractivity contribution in [3.8, 4) is 16.9 Å². The highest BCUT2D eigenvalue weighted by Gasteiger charge is 2.14. The molecule has 0 saturated carbocycles. The number of hydrogen-bond acceptors (Lipinski definition) is 5. The van der Waals surface area contributed by atoms with Crippen LogP contribution in [0.4, 0.5) is 5.69 Å². The first-order chi connectivity index (χ1) is 15.4. The van der Waals surface area contributed by atoms with Crippen LogP contribution in [-0.2, 0) is 4.79 Å². The van der Waals surface area contributed by atoms with Crippen LogP contribution in [0.2, 0.25) is 0 Å². The Balaban J connectivity index is 1.49. The smallest absolute Gasteiger partial charge is 0.262 e. The Morgan fingerprint density at radius 3 is 2.41 bits per heavy atom. The van der Waals surface area contributed by atoms with E-state index in [0.29, 0.717) is 39.3 Å². The third-order valence-corrected chi connectivity index (χ3v) is 4.93. The maximum atomic E-state index is 13.0. The highest BCUT2D eigenvalue weighted by molar-refractivity contribution is 5.95. The number of anilines is 1. The molecule has 1 aromatic heterocycles. The van der Waals surface area contributed by atoms with Gasteiger partial charge in [-0.2, -0.15) is 0 Å². The first-order valence-electron chi connectivity index (χ1n) is 9.88. The summed E-state index contributed by atoms with van der Waals surface area (Å²) < 4.78 is 11.4. The number of ether oxygens (including phenoxy) is 1. The third-order valence-electron chi connectivity index (χ3n) is 4.93. The van der Waals surface area contributed by atoms with Gasteiger partial charge in [0.25, 0.3) is 5.91 Å². The minimum atomic E-state index is -0.541. The zero-order chi connectivity index (χ0) is 22.7. The van der Waals surface area contributed by atoms with E-state index in [9.17, 15) is 14.4 Å². The van der Waals surface area contributed by atoms with Crippen LogP contribution in [0.15, 0.2) is 82.0 Å². The molecule has 160 valence electrons. The van der Waals surface area contributed by atoms with E-state index in [1.807, 2.05) is 30.3 Å². The first kappa shape index (κ1) is 20.9. The van der Waals surface area contributed by atoms with E-state index in [1.165, 1.54) is 12.1 Å². The van der Waals surface area contributed by atoms with Gasteiger partial charge in [-0.05, 0) is 48.9 Å². The molecule has 1 heterocycles. The zero-order valence-corrected chi connectivity index (χ0v) is 17.3. The molecule has 32 heavy (non-hydrogen) atoms. The monoisotopic (exact) mass is 428 g/mol. The van der Waals surface area contributed by atoms with E-state index in [0.717, 1.165) is 5.56 Å². The van der Waals surface area contributed by atoms with E-state index in [2.05, 4.69) is 5.32 Å². The highest BCUT2D eigenvalue weighted by atomic mass is 16.5. The summed E-state index contributed by atoms with van der Waals surface area (Å²) in [6.07, 6.45) is 0. The van der Waals surface area contributed by atoms with E-state index >= 15 is 0 Å². The maximum Gasteiger partial charge on any atom is 0.262 e. The second-order valence-electron chi connectivity index (χ2n) is 7.16. The summed E-state index contributed by atoms with van der Waals surface area (Å²) in [4.78, 5) is 36.3. The van der Waals surface area contributed by atoms with Crippen LogP contribution in [0, 0.1) is 6.92 Å². The van der Waals surface area contributed by atoms with Gasteiger partial charge in [-0.15, -0.1) is 0 Å². The molecule has 0 aliphatic rings. The van der Waals surface area contributed by atoms with Crippen molar-refractivity contribution in [3.63, 3.8) is 0 Å². The van der Waals surface area contributed by atoms with Crippen LogP contribution in [0.3, 0.4) is 0 Å². The molecule has 3 N–H and O–H groups in total. The quantitative estimate of drug-likeness (QED) is 0.484. The number of rotatable bonds is 6. The summed E-state index contributed by atoms with van der Waals surface area (Å²) in [6.45, 7) is 1.50. The molecule has 4 rings (SSSR count). The van der Waals surface area contributed by atoms with Gasteiger partial charge in [0, 0.05) is 17.3 Å². The van der Waals surface area contributed by atoms with Crippen molar-refractivity contribution in [2.24, 2.45) is 5.73 Å². The molecule has 7 heteroatoms. The Hall–Kier alpha value is -4.39. The Morgan fingerprint density at radius 2 is 1.72 bits per heavy atom. The van der Waals surface area contributed by atoms with Crippen molar-refractivity contribution in [3.05, 3.63) is 94.3 Å². The lowest BCUT2D eigenvalue weighted by molar-refractivity contribution is -0.118. The number of benzene rings is 3. The molecule has 0 saturated heterocycles. The van der Waals surface area contributed by atoms with Crippen molar-refractivity contribution in [2.45, 2.75) is 6.92 Å². The van der Waals surface area contributed by atoms with Crippen LogP contribution in [0.5, 0.6) is 5.75 Å². The van der Waals surface area contributed by atoms with Crippen LogP contribution < -0.4 is 21.2 Å². The highest BCUT2D eigenvalue weighted by Crippen LogP contribution is 2.26. The van der Waals surface area contributed by atoms with Crippen molar-refractivity contribution in [2.75, 3.05) is 11.9 Å². The first-order valence-corrected chi connectivity index (χ1v) is 9.88. The van der Waals surface area contributed by atoms with Crippen LogP contribution in [-0.4, -0.2) is 18.4 Å². The third kappa shape index (κ3) is 4.37. The summed E-state index contributed by atoms with van der Waals surface area (Å²) >= 11 is 0. The molecule has 0 aliphatic heterocycles. The number of aryl methyl sites for hydroxylation is 1. The fourth-order valence-electron chi connectivity index (χ4n) is 3.38. The number of carbonyl (C=O) groups excluding carboxylic acids is 2. The topological polar surface area (TPSA) is 112 Å². The van der Waals surface area contributed by atoms with Crippen LogP contribution in [0.25, 0.3) is 22.1 Å². The van der Waals surface area contributed by atoms with Gasteiger partial charge in [0.05, 0.1) is 10.9 Å². The van der Waals surface area contributed by atoms with E-state index < -0.39 is 5.91 Å². The van der Waals surface area contributed by atoms with E-state index in [-0.39, 0.29) is 17.9 Å². The Labute approximate surface area is 183 Å². The summed E-state index contributed by atoms with van der Waals surface area (Å²) in [6, 6.07) is 20.4. The number of primary amides is 1.